The first kappa shape index (κ1) is 24.8. The van der Waals surface area contributed by atoms with E-state index in [4.69, 9.17) is 15.2 Å². The van der Waals surface area contributed by atoms with E-state index >= 15 is 0 Å². The Bertz CT molecular complexity index is 610. The van der Waals surface area contributed by atoms with E-state index in [9.17, 15) is 4.79 Å². The lowest BCUT2D eigenvalue weighted by Gasteiger charge is -2.19. The van der Waals surface area contributed by atoms with Crippen LogP contribution in [0.25, 0.3) is 0 Å². The molecule has 0 spiro atoms. The summed E-state index contributed by atoms with van der Waals surface area (Å²) in [5, 5.41) is 3.20. The fourth-order valence-electron chi connectivity index (χ4n) is 4.15. The van der Waals surface area contributed by atoms with Crippen molar-refractivity contribution < 1.29 is 14.3 Å². The van der Waals surface area contributed by atoms with Crippen LogP contribution >= 0.6 is 24.8 Å². The molecule has 0 bridgehead atoms. The van der Waals surface area contributed by atoms with Gasteiger partial charge in [0.1, 0.15) is 11.5 Å². The average molecular weight is 434 g/mol. The third-order valence-corrected chi connectivity index (χ3v) is 5.62. The molecule has 28 heavy (non-hydrogen) atoms. The zero-order valence-corrected chi connectivity index (χ0v) is 18.3. The summed E-state index contributed by atoms with van der Waals surface area (Å²) in [7, 11) is 3.33. The number of hydrogen-bond acceptors (Lipinski definition) is 5. The minimum Gasteiger partial charge on any atom is -0.497 e. The number of hydrogen-bond donors (Lipinski definition) is 2. The van der Waals surface area contributed by atoms with Crippen molar-refractivity contribution in [1.29, 1.82) is 0 Å². The molecule has 1 aliphatic heterocycles. The van der Waals surface area contributed by atoms with Crippen LogP contribution in [0, 0.1) is 5.92 Å². The van der Waals surface area contributed by atoms with Gasteiger partial charge in [-0.3, -0.25) is 9.69 Å². The van der Waals surface area contributed by atoms with Gasteiger partial charge in [0.25, 0.3) is 0 Å². The summed E-state index contributed by atoms with van der Waals surface area (Å²) < 4.78 is 10.7. The Labute approximate surface area is 180 Å². The van der Waals surface area contributed by atoms with Crippen molar-refractivity contribution >= 4 is 30.7 Å². The number of likely N-dealkylation sites (tertiary alicyclic amines) is 1. The smallest absolute Gasteiger partial charge is 0.220 e. The summed E-state index contributed by atoms with van der Waals surface area (Å²) in [4.78, 5) is 14.7. The van der Waals surface area contributed by atoms with Gasteiger partial charge in [-0.05, 0) is 42.9 Å². The molecule has 0 radical (unpaired) electrons. The second kappa shape index (κ2) is 11.7. The van der Waals surface area contributed by atoms with Crippen molar-refractivity contribution in [2.75, 3.05) is 27.3 Å². The summed E-state index contributed by atoms with van der Waals surface area (Å²) in [6, 6.07) is 6.38. The van der Waals surface area contributed by atoms with Gasteiger partial charge in [-0.1, -0.05) is 6.42 Å². The molecule has 1 saturated carbocycles. The standard InChI is InChI=1S/C20H31N3O3.2ClH/c1-25-17-8-14(9-18(11-17)26-2)12-23-7-6-16(13-23)22-20(24)10-15-4-3-5-19(15)21;;/h8-9,11,15-16,19H,3-7,10,12-13,21H2,1-2H3,(H,22,24);2*1H/t15-,16?,19+;;/m0../s1. The first-order chi connectivity index (χ1) is 12.6. The number of methoxy groups -OCH3 is 2. The van der Waals surface area contributed by atoms with E-state index in [2.05, 4.69) is 10.2 Å². The van der Waals surface area contributed by atoms with Crippen LogP contribution in [0.1, 0.15) is 37.7 Å². The van der Waals surface area contributed by atoms with E-state index < -0.39 is 0 Å². The van der Waals surface area contributed by atoms with Crippen LogP contribution in [0.5, 0.6) is 11.5 Å². The van der Waals surface area contributed by atoms with Gasteiger partial charge in [0.05, 0.1) is 14.2 Å². The number of benzene rings is 1. The van der Waals surface area contributed by atoms with Crippen molar-refractivity contribution in [3.8, 4) is 11.5 Å². The second-order valence-electron chi connectivity index (χ2n) is 7.57. The lowest BCUT2D eigenvalue weighted by Crippen LogP contribution is -2.39. The molecule has 1 aliphatic carbocycles. The predicted molar refractivity (Wildman–Crippen MR) is 116 cm³/mol. The Balaban J connectivity index is 0.00000196. The summed E-state index contributed by atoms with van der Waals surface area (Å²) in [6.45, 7) is 2.68. The number of rotatable bonds is 7. The van der Waals surface area contributed by atoms with E-state index in [0.717, 1.165) is 62.4 Å². The molecule has 0 aromatic heterocycles. The highest BCUT2D eigenvalue weighted by Crippen LogP contribution is 2.27. The molecule has 6 nitrogen and oxygen atoms in total. The highest BCUT2D eigenvalue weighted by atomic mass is 35.5. The van der Waals surface area contributed by atoms with E-state index in [1.54, 1.807) is 14.2 Å². The molecule has 3 atom stereocenters. The highest BCUT2D eigenvalue weighted by molar-refractivity contribution is 5.85. The lowest BCUT2D eigenvalue weighted by molar-refractivity contribution is -0.122. The molecule has 1 saturated heterocycles. The Kier molecular flexibility index (Phi) is 10.4. The van der Waals surface area contributed by atoms with E-state index in [1.165, 1.54) is 0 Å². The molecule has 1 heterocycles. The number of nitrogens with zero attached hydrogens (tertiary/aromatic N) is 1. The molecule has 1 amide bonds. The number of nitrogens with two attached hydrogens (primary N) is 1. The summed E-state index contributed by atoms with van der Waals surface area (Å²) in [5.74, 6) is 2.12. The molecule has 2 aliphatic rings. The Morgan fingerprint density at radius 1 is 1.14 bits per heavy atom. The van der Waals surface area contributed by atoms with Gasteiger partial charge in [0.15, 0.2) is 0 Å². The van der Waals surface area contributed by atoms with Crippen molar-refractivity contribution in [3.05, 3.63) is 23.8 Å². The van der Waals surface area contributed by atoms with Crippen LogP contribution in [-0.4, -0.2) is 50.2 Å². The second-order valence-corrected chi connectivity index (χ2v) is 7.57. The Hall–Kier alpha value is -1.21. The van der Waals surface area contributed by atoms with Crippen molar-refractivity contribution in [2.24, 2.45) is 11.7 Å². The molecular formula is C20H33Cl2N3O3. The van der Waals surface area contributed by atoms with Crippen LogP contribution in [0.15, 0.2) is 18.2 Å². The van der Waals surface area contributed by atoms with Crippen LogP contribution in [0.4, 0.5) is 0 Å². The average Bonchev–Trinajstić information content (AvgIpc) is 3.23. The minimum atomic E-state index is 0. The molecule has 160 valence electrons. The summed E-state index contributed by atoms with van der Waals surface area (Å²) >= 11 is 0. The normalized spacial score (nSPS) is 24.2. The monoisotopic (exact) mass is 433 g/mol. The first-order valence-electron chi connectivity index (χ1n) is 9.56. The molecule has 1 unspecified atom stereocenters. The van der Waals surface area contributed by atoms with Crippen molar-refractivity contribution in [3.63, 3.8) is 0 Å². The first-order valence-corrected chi connectivity index (χ1v) is 9.56. The third-order valence-electron chi connectivity index (χ3n) is 5.62. The van der Waals surface area contributed by atoms with E-state index in [0.29, 0.717) is 12.3 Å². The fourth-order valence-corrected chi connectivity index (χ4v) is 4.15. The van der Waals surface area contributed by atoms with Gasteiger partial charge < -0.3 is 20.5 Å². The van der Waals surface area contributed by atoms with Crippen LogP contribution in [0.3, 0.4) is 0 Å². The number of carbonyl (C=O) groups is 1. The molecule has 3 N–H and O–H groups in total. The van der Waals surface area contributed by atoms with Gasteiger partial charge in [0, 0.05) is 44.2 Å². The maximum Gasteiger partial charge on any atom is 0.220 e. The summed E-state index contributed by atoms with van der Waals surface area (Å²) in [5.41, 5.74) is 7.24. The zero-order valence-electron chi connectivity index (χ0n) is 16.7. The zero-order chi connectivity index (χ0) is 18.5. The van der Waals surface area contributed by atoms with E-state index in [-0.39, 0.29) is 42.8 Å². The predicted octanol–water partition coefficient (Wildman–Crippen LogP) is 2.76. The molecule has 1 aromatic rings. The van der Waals surface area contributed by atoms with Crippen LogP contribution < -0.4 is 20.5 Å². The molecule has 1 aromatic carbocycles. The maximum atomic E-state index is 12.3. The quantitative estimate of drug-likeness (QED) is 0.690. The van der Waals surface area contributed by atoms with Crippen molar-refractivity contribution in [1.82, 2.24) is 10.2 Å². The Morgan fingerprint density at radius 2 is 1.82 bits per heavy atom. The number of halogens is 2. The van der Waals surface area contributed by atoms with Gasteiger partial charge in [-0.15, -0.1) is 24.8 Å². The van der Waals surface area contributed by atoms with Gasteiger partial charge in [0.2, 0.25) is 5.91 Å². The minimum absolute atomic E-state index is 0. The Morgan fingerprint density at radius 3 is 2.39 bits per heavy atom. The maximum absolute atomic E-state index is 12.3. The number of carbonyl (C=O) groups excluding carboxylic acids is 1. The number of nitrogens with one attached hydrogen (secondary N) is 1. The van der Waals surface area contributed by atoms with Crippen molar-refractivity contribution in [2.45, 2.75) is 50.7 Å². The molecule has 3 rings (SSSR count). The molecule has 2 fully saturated rings. The van der Waals surface area contributed by atoms with Gasteiger partial charge >= 0.3 is 0 Å². The molecule has 8 heteroatoms. The van der Waals surface area contributed by atoms with Gasteiger partial charge in [-0.2, -0.15) is 0 Å². The van der Waals surface area contributed by atoms with E-state index in [1.807, 2.05) is 18.2 Å². The number of ether oxygens (including phenoxy) is 2. The largest absolute Gasteiger partial charge is 0.497 e. The number of amides is 1. The lowest BCUT2D eigenvalue weighted by atomic mass is 9.99. The third kappa shape index (κ3) is 6.69. The van der Waals surface area contributed by atoms with Crippen LogP contribution in [-0.2, 0) is 11.3 Å². The SMILES string of the molecule is COc1cc(CN2CCC(NC(=O)C[C@@H]3CCC[C@H]3N)C2)cc(OC)c1.Cl.Cl. The summed E-state index contributed by atoms with van der Waals surface area (Å²) in [6.07, 6.45) is 4.86. The fraction of sp³-hybridized carbons (Fsp3) is 0.650. The van der Waals surface area contributed by atoms with Crippen LogP contribution in [0.2, 0.25) is 0 Å². The topological polar surface area (TPSA) is 76.8 Å². The van der Waals surface area contributed by atoms with Gasteiger partial charge in [-0.25, -0.2) is 0 Å². The molecular weight excluding hydrogens is 401 g/mol. The highest BCUT2D eigenvalue weighted by Gasteiger charge is 2.28.